The molecule has 2 aromatic carbocycles. The van der Waals surface area contributed by atoms with E-state index < -0.39 is 0 Å². The molecule has 4 heteroatoms. The van der Waals surface area contributed by atoms with Crippen LogP contribution in [0, 0.1) is 0 Å². The van der Waals surface area contributed by atoms with E-state index in [2.05, 4.69) is 75.5 Å². The first-order chi connectivity index (χ1) is 12.4. The molecule has 5 aromatic rings. The SMILES string of the molecule is c1ccc(CCCn2c3ccccc3c3ccn4nncc4c32)cc1. The van der Waals surface area contributed by atoms with E-state index in [1.807, 2.05) is 16.9 Å². The van der Waals surface area contributed by atoms with Crippen molar-refractivity contribution in [1.29, 1.82) is 0 Å². The van der Waals surface area contributed by atoms with Crippen molar-refractivity contribution in [3.05, 3.63) is 78.6 Å². The van der Waals surface area contributed by atoms with Crippen LogP contribution in [0.5, 0.6) is 0 Å². The summed E-state index contributed by atoms with van der Waals surface area (Å²) in [5.41, 5.74) is 4.95. The van der Waals surface area contributed by atoms with Crippen LogP contribution >= 0.6 is 0 Å². The average molecular weight is 326 g/mol. The Kier molecular flexibility index (Phi) is 3.27. The second-order valence-electron chi connectivity index (χ2n) is 6.40. The molecule has 0 bridgehead atoms. The minimum atomic E-state index is 0.976. The molecule has 3 aromatic heterocycles. The number of benzene rings is 2. The molecule has 25 heavy (non-hydrogen) atoms. The van der Waals surface area contributed by atoms with Gasteiger partial charge in [0.2, 0.25) is 0 Å². The Morgan fingerprint density at radius 2 is 1.64 bits per heavy atom. The standard InChI is InChI=1S/C21H18N4/c1-2-7-16(8-3-1)9-6-13-24-19-11-5-4-10-17(19)18-12-14-25-20(21(18)24)15-22-23-25/h1-5,7-8,10-12,14-15H,6,9,13H2. The van der Waals surface area contributed by atoms with E-state index in [1.54, 1.807) is 0 Å². The number of nitrogens with zero attached hydrogens (tertiary/aromatic N) is 4. The topological polar surface area (TPSA) is 35.1 Å². The number of para-hydroxylation sites is 1. The van der Waals surface area contributed by atoms with Gasteiger partial charge in [0.25, 0.3) is 0 Å². The van der Waals surface area contributed by atoms with Crippen LogP contribution in [-0.2, 0) is 13.0 Å². The highest BCUT2D eigenvalue weighted by molar-refractivity contribution is 6.12. The lowest BCUT2D eigenvalue weighted by Gasteiger charge is -2.08. The fourth-order valence-electron chi connectivity index (χ4n) is 3.76. The normalized spacial score (nSPS) is 11.7. The number of hydrogen-bond donors (Lipinski definition) is 0. The summed E-state index contributed by atoms with van der Waals surface area (Å²) < 4.78 is 4.28. The Bertz CT molecular complexity index is 1170. The maximum atomic E-state index is 4.16. The largest absolute Gasteiger partial charge is 0.339 e. The molecule has 122 valence electrons. The van der Waals surface area contributed by atoms with Crippen molar-refractivity contribution in [2.45, 2.75) is 19.4 Å². The van der Waals surface area contributed by atoms with Gasteiger partial charge >= 0.3 is 0 Å². The second kappa shape index (κ2) is 5.74. The van der Waals surface area contributed by atoms with Gasteiger partial charge in [0.1, 0.15) is 5.52 Å². The summed E-state index contributed by atoms with van der Waals surface area (Å²) in [5.74, 6) is 0. The Morgan fingerprint density at radius 3 is 2.56 bits per heavy atom. The molecule has 0 aliphatic rings. The molecule has 0 saturated heterocycles. The minimum Gasteiger partial charge on any atom is -0.339 e. The molecule has 0 fully saturated rings. The van der Waals surface area contributed by atoms with Crippen molar-refractivity contribution >= 4 is 27.3 Å². The number of aryl methyl sites for hydroxylation is 2. The fourth-order valence-corrected chi connectivity index (χ4v) is 3.76. The molecule has 0 aliphatic heterocycles. The van der Waals surface area contributed by atoms with Crippen LogP contribution in [0.4, 0.5) is 0 Å². The van der Waals surface area contributed by atoms with Crippen molar-refractivity contribution in [2.75, 3.05) is 0 Å². The van der Waals surface area contributed by atoms with Gasteiger partial charge in [-0.25, -0.2) is 4.52 Å². The van der Waals surface area contributed by atoms with Crippen LogP contribution in [0.2, 0.25) is 0 Å². The summed E-state index contributed by atoms with van der Waals surface area (Å²) in [6.45, 7) is 0.976. The molecular formula is C21H18N4. The van der Waals surface area contributed by atoms with E-state index in [4.69, 9.17) is 0 Å². The van der Waals surface area contributed by atoms with Gasteiger partial charge in [-0.05, 0) is 30.5 Å². The van der Waals surface area contributed by atoms with Crippen LogP contribution in [0.15, 0.2) is 73.1 Å². The maximum absolute atomic E-state index is 4.16. The van der Waals surface area contributed by atoms with Crippen molar-refractivity contribution in [3.63, 3.8) is 0 Å². The predicted octanol–water partition coefficient (Wildman–Crippen LogP) is 4.47. The van der Waals surface area contributed by atoms with Crippen LogP contribution in [0.1, 0.15) is 12.0 Å². The molecule has 3 heterocycles. The van der Waals surface area contributed by atoms with Gasteiger partial charge in [0.05, 0.1) is 11.7 Å². The molecule has 0 atom stereocenters. The third-order valence-corrected chi connectivity index (χ3v) is 4.90. The molecule has 0 radical (unpaired) electrons. The molecule has 0 saturated carbocycles. The zero-order chi connectivity index (χ0) is 16.6. The maximum Gasteiger partial charge on any atom is 0.111 e. The van der Waals surface area contributed by atoms with E-state index in [-0.39, 0.29) is 0 Å². The third kappa shape index (κ3) is 2.30. The Labute approximate surface area is 145 Å². The minimum absolute atomic E-state index is 0.976. The number of hydrogen-bond acceptors (Lipinski definition) is 2. The fraction of sp³-hybridized carbons (Fsp3) is 0.143. The van der Waals surface area contributed by atoms with Crippen molar-refractivity contribution in [1.82, 2.24) is 19.4 Å². The van der Waals surface area contributed by atoms with Gasteiger partial charge < -0.3 is 4.57 Å². The summed E-state index contributed by atoms with van der Waals surface area (Å²) in [4.78, 5) is 0. The van der Waals surface area contributed by atoms with Crippen LogP contribution in [0.3, 0.4) is 0 Å². The lowest BCUT2D eigenvalue weighted by atomic mass is 10.1. The van der Waals surface area contributed by atoms with E-state index in [0.717, 1.165) is 24.9 Å². The van der Waals surface area contributed by atoms with Gasteiger partial charge in [-0.1, -0.05) is 53.7 Å². The first-order valence-electron chi connectivity index (χ1n) is 8.66. The van der Waals surface area contributed by atoms with E-state index in [9.17, 15) is 0 Å². The zero-order valence-corrected chi connectivity index (χ0v) is 13.8. The summed E-state index contributed by atoms with van der Waals surface area (Å²) in [5, 5.41) is 10.8. The van der Waals surface area contributed by atoms with Crippen molar-refractivity contribution in [2.24, 2.45) is 0 Å². The van der Waals surface area contributed by atoms with Crippen LogP contribution in [0.25, 0.3) is 27.3 Å². The quantitative estimate of drug-likeness (QED) is 0.488. The summed E-state index contributed by atoms with van der Waals surface area (Å²) in [6.07, 6.45) is 6.02. The summed E-state index contributed by atoms with van der Waals surface area (Å²) >= 11 is 0. The number of fused-ring (bicyclic) bond motifs is 5. The molecule has 0 N–H and O–H groups in total. The molecule has 0 aliphatic carbocycles. The Balaban J connectivity index is 1.63. The van der Waals surface area contributed by atoms with Gasteiger partial charge in [-0.2, -0.15) is 0 Å². The van der Waals surface area contributed by atoms with Crippen molar-refractivity contribution in [3.8, 4) is 0 Å². The van der Waals surface area contributed by atoms with Crippen molar-refractivity contribution < 1.29 is 0 Å². The average Bonchev–Trinajstić information content (AvgIpc) is 3.25. The number of rotatable bonds is 4. The first kappa shape index (κ1) is 14.2. The summed E-state index contributed by atoms with van der Waals surface area (Å²) in [6, 6.07) is 21.5. The monoisotopic (exact) mass is 326 g/mol. The summed E-state index contributed by atoms with van der Waals surface area (Å²) in [7, 11) is 0. The highest BCUT2D eigenvalue weighted by Gasteiger charge is 2.13. The molecular weight excluding hydrogens is 308 g/mol. The van der Waals surface area contributed by atoms with Crippen LogP contribution in [-0.4, -0.2) is 19.4 Å². The molecule has 0 amide bonds. The zero-order valence-electron chi connectivity index (χ0n) is 13.8. The Morgan fingerprint density at radius 1 is 0.800 bits per heavy atom. The van der Waals surface area contributed by atoms with Gasteiger partial charge in [0, 0.05) is 29.0 Å². The highest BCUT2D eigenvalue weighted by atomic mass is 15.4. The van der Waals surface area contributed by atoms with E-state index in [1.165, 1.54) is 27.4 Å². The van der Waals surface area contributed by atoms with Gasteiger partial charge in [-0.3, -0.25) is 0 Å². The first-order valence-corrected chi connectivity index (χ1v) is 8.66. The van der Waals surface area contributed by atoms with Crippen LogP contribution < -0.4 is 0 Å². The van der Waals surface area contributed by atoms with Gasteiger partial charge in [-0.15, -0.1) is 5.10 Å². The second-order valence-corrected chi connectivity index (χ2v) is 6.40. The predicted molar refractivity (Wildman–Crippen MR) is 101 cm³/mol. The number of aromatic nitrogens is 4. The lowest BCUT2D eigenvalue weighted by molar-refractivity contribution is 0.678. The smallest absolute Gasteiger partial charge is 0.111 e. The van der Waals surface area contributed by atoms with Gasteiger partial charge in [0.15, 0.2) is 0 Å². The molecule has 5 rings (SSSR count). The molecule has 0 spiro atoms. The molecule has 4 nitrogen and oxygen atoms in total. The lowest BCUT2D eigenvalue weighted by Crippen LogP contribution is -2.00. The Hall–Kier alpha value is -3.14. The van der Waals surface area contributed by atoms with E-state index in [0.29, 0.717) is 0 Å². The number of pyridine rings is 1. The van der Waals surface area contributed by atoms with E-state index >= 15 is 0 Å². The molecule has 0 unspecified atom stereocenters. The highest BCUT2D eigenvalue weighted by Crippen LogP contribution is 2.31. The third-order valence-electron chi connectivity index (χ3n) is 4.90.